The zero-order valence-electron chi connectivity index (χ0n) is 20.2. The number of fused-ring (bicyclic) bond motifs is 1. The van der Waals surface area contributed by atoms with Crippen LogP contribution in [0.5, 0.6) is 0 Å². The topological polar surface area (TPSA) is 110 Å². The fourth-order valence-electron chi connectivity index (χ4n) is 3.69. The monoisotopic (exact) mass is 447 g/mol. The highest BCUT2D eigenvalue weighted by Gasteiger charge is 2.22. The van der Waals surface area contributed by atoms with Crippen LogP contribution in [0.1, 0.15) is 64.6 Å². The second-order valence-electron chi connectivity index (χ2n) is 9.55. The molecular weight excluding hydrogens is 406 g/mol. The number of aryl methyl sites for hydroxylation is 2. The molecule has 1 unspecified atom stereocenters. The third-order valence-electron chi connectivity index (χ3n) is 5.38. The molecule has 32 heavy (non-hydrogen) atoms. The average molecular weight is 448 g/mol. The molecule has 1 aliphatic heterocycles. The lowest BCUT2D eigenvalue weighted by Crippen LogP contribution is -2.41. The number of pyridine rings is 1. The molecule has 2 rings (SSSR count). The molecule has 1 atom stereocenters. The van der Waals surface area contributed by atoms with Crippen LogP contribution in [0.2, 0.25) is 0 Å². The van der Waals surface area contributed by atoms with Crippen molar-refractivity contribution in [1.29, 1.82) is 0 Å². The highest BCUT2D eigenvalue weighted by Crippen LogP contribution is 2.20. The van der Waals surface area contributed by atoms with E-state index in [1.54, 1.807) is 0 Å². The van der Waals surface area contributed by atoms with Gasteiger partial charge in [-0.15, -0.1) is 0 Å². The first-order valence-corrected chi connectivity index (χ1v) is 11.8. The van der Waals surface area contributed by atoms with E-state index in [0.717, 1.165) is 56.8 Å². The first kappa shape index (κ1) is 26.1. The number of nitrogens with one attached hydrogen (secondary N) is 2. The summed E-state index contributed by atoms with van der Waals surface area (Å²) in [5.74, 6) is 0.635. The van der Waals surface area contributed by atoms with Crippen LogP contribution >= 0.6 is 0 Å². The van der Waals surface area contributed by atoms with Crippen molar-refractivity contribution in [2.24, 2.45) is 5.73 Å². The largest absolute Gasteiger partial charge is 0.459 e. The molecule has 0 saturated heterocycles. The van der Waals surface area contributed by atoms with Crippen LogP contribution in [0, 0.1) is 0 Å². The van der Waals surface area contributed by atoms with Gasteiger partial charge in [-0.1, -0.05) is 6.07 Å². The number of anilines is 1. The van der Waals surface area contributed by atoms with Gasteiger partial charge >= 0.3 is 5.97 Å². The van der Waals surface area contributed by atoms with E-state index < -0.39 is 11.6 Å². The van der Waals surface area contributed by atoms with Crippen LogP contribution in [0.25, 0.3) is 0 Å². The van der Waals surface area contributed by atoms with E-state index in [0.29, 0.717) is 19.5 Å². The first-order chi connectivity index (χ1) is 15.1. The third kappa shape index (κ3) is 9.96. The van der Waals surface area contributed by atoms with Gasteiger partial charge in [-0.05, 0) is 77.5 Å². The van der Waals surface area contributed by atoms with E-state index in [-0.39, 0.29) is 11.9 Å². The summed E-state index contributed by atoms with van der Waals surface area (Å²) in [6.07, 6.45) is 5.76. The van der Waals surface area contributed by atoms with Crippen molar-refractivity contribution in [1.82, 2.24) is 15.2 Å². The van der Waals surface area contributed by atoms with Crippen molar-refractivity contribution in [2.75, 3.05) is 38.0 Å². The Hall–Kier alpha value is -2.19. The third-order valence-corrected chi connectivity index (χ3v) is 5.38. The first-order valence-electron chi connectivity index (χ1n) is 11.8. The molecule has 1 amide bonds. The SMILES string of the molecule is CC(=O)NCCN(CCCCc1ccc2c(n1)NCCC2)CCC(N)C(=O)OC(C)(C)C. The van der Waals surface area contributed by atoms with E-state index in [1.165, 1.54) is 18.9 Å². The number of nitrogens with zero attached hydrogens (tertiary/aromatic N) is 2. The Balaban J connectivity index is 1.78. The Morgan fingerprint density at radius 3 is 2.75 bits per heavy atom. The van der Waals surface area contributed by atoms with Crippen molar-refractivity contribution < 1.29 is 14.3 Å². The predicted molar refractivity (Wildman–Crippen MR) is 128 cm³/mol. The summed E-state index contributed by atoms with van der Waals surface area (Å²) in [4.78, 5) is 30.4. The van der Waals surface area contributed by atoms with Crippen LogP contribution in [0.3, 0.4) is 0 Å². The van der Waals surface area contributed by atoms with Crippen LogP contribution in [0.4, 0.5) is 5.82 Å². The van der Waals surface area contributed by atoms with Crippen molar-refractivity contribution in [3.05, 3.63) is 23.4 Å². The molecule has 0 spiro atoms. The summed E-state index contributed by atoms with van der Waals surface area (Å²) in [7, 11) is 0. The summed E-state index contributed by atoms with van der Waals surface area (Å²) in [5, 5.41) is 6.23. The number of unbranched alkanes of at least 4 members (excludes halogenated alkanes) is 1. The molecule has 0 bridgehead atoms. The van der Waals surface area contributed by atoms with E-state index >= 15 is 0 Å². The zero-order chi connectivity index (χ0) is 23.6. The van der Waals surface area contributed by atoms with Crippen molar-refractivity contribution in [3.8, 4) is 0 Å². The molecule has 0 aromatic carbocycles. The maximum atomic E-state index is 12.2. The molecule has 8 heteroatoms. The Labute approximate surface area is 192 Å². The van der Waals surface area contributed by atoms with E-state index in [9.17, 15) is 9.59 Å². The van der Waals surface area contributed by atoms with Gasteiger partial charge < -0.3 is 26.0 Å². The normalized spacial score (nSPS) is 14.4. The second kappa shape index (κ2) is 12.7. The Morgan fingerprint density at radius 1 is 1.25 bits per heavy atom. The maximum absolute atomic E-state index is 12.2. The molecule has 8 nitrogen and oxygen atoms in total. The fourth-order valence-corrected chi connectivity index (χ4v) is 3.69. The quantitative estimate of drug-likeness (QED) is 0.333. The fraction of sp³-hybridized carbons (Fsp3) is 0.708. The van der Waals surface area contributed by atoms with Crippen molar-refractivity contribution in [2.45, 2.75) is 77.9 Å². The van der Waals surface area contributed by atoms with E-state index in [1.807, 2.05) is 20.8 Å². The van der Waals surface area contributed by atoms with E-state index in [2.05, 4.69) is 27.7 Å². The minimum absolute atomic E-state index is 0.0394. The van der Waals surface area contributed by atoms with Gasteiger partial charge in [-0.25, -0.2) is 4.98 Å². The van der Waals surface area contributed by atoms with Crippen LogP contribution in [-0.4, -0.2) is 66.1 Å². The summed E-state index contributed by atoms with van der Waals surface area (Å²) in [6, 6.07) is 3.69. The van der Waals surface area contributed by atoms with Gasteiger partial charge in [0.2, 0.25) is 5.91 Å². The number of carbonyl (C=O) groups excluding carboxylic acids is 2. The highest BCUT2D eigenvalue weighted by atomic mass is 16.6. The van der Waals surface area contributed by atoms with Crippen molar-refractivity contribution in [3.63, 3.8) is 0 Å². The van der Waals surface area contributed by atoms with E-state index in [4.69, 9.17) is 15.5 Å². The number of rotatable bonds is 12. The lowest BCUT2D eigenvalue weighted by molar-refractivity contribution is -0.156. The molecular formula is C24H41N5O3. The Bertz CT molecular complexity index is 748. The number of hydrogen-bond acceptors (Lipinski definition) is 7. The molecule has 1 aliphatic rings. The van der Waals surface area contributed by atoms with Gasteiger partial charge in [0.15, 0.2) is 0 Å². The minimum Gasteiger partial charge on any atom is -0.459 e. The van der Waals surface area contributed by atoms with Crippen LogP contribution < -0.4 is 16.4 Å². The molecule has 1 aromatic rings. The van der Waals surface area contributed by atoms with Crippen LogP contribution in [-0.2, 0) is 27.2 Å². The number of hydrogen-bond donors (Lipinski definition) is 3. The number of nitrogens with two attached hydrogens (primary N) is 1. The van der Waals surface area contributed by atoms with Gasteiger partial charge in [-0.2, -0.15) is 0 Å². The highest BCUT2D eigenvalue weighted by molar-refractivity contribution is 5.75. The molecule has 2 heterocycles. The molecule has 0 aliphatic carbocycles. The Morgan fingerprint density at radius 2 is 2.03 bits per heavy atom. The molecule has 0 fully saturated rings. The molecule has 1 aromatic heterocycles. The smallest absolute Gasteiger partial charge is 0.323 e. The van der Waals surface area contributed by atoms with Gasteiger partial charge in [0, 0.05) is 38.8 Å². The molecule has 0 radical (unpaired) electrons. The lowest BCUT2D eigenvalue weighted by atomic mass is 10.1. The number of esters is 1. The maximum Gasteiger partial charge on any atom is 0.323 e. The lowest BCUT2D eigenvalue weighted by Gasteiger charge is -2.25. The van der Waals surface area contributed by atoms with Gasteiger partial charge in [-0.3, -0.25) is 9.59 Å². The molecule has 0 saturated carbocycles. The van der Waals surface area contributed by atoms with Crippen molar-refractivity contribution >= 4 is 17.7 Å². The van der Waals surface area contributed by atoms with Gasteiger partial charge in [0.05, 0.1) is 0 Å². The number of aromatic nitrogens is 1. The number of carbonyl (C=O) groups is 2. The number of amides is 1. The summed E-state index contributed by atoms with van der Waals surface area (Å²) < 4.78 is 5.38. The van der Waals surface area contributed by atoms with Gasteiger partial charge in [0.1, 0.15) is 17.5 Å². The number of ether oxygens (including phenoxy) is 1. The predicted octanol–water partition coefficient (Wildman–Crippen LogP) is 2.26. The summed E-state index contributed by atoms with van der Waals surface area (Å²) in [6.45, 7) is 10.9. The second-order valence-corrected chi connectivity index (χ2v) is 9.55. The molecule has 4 N–H and O–H groups in total. The summed E-state index contributed by atoms with van der Waals surface area (Å²) in [5.41, 5.74) is 7.94. The minimum atomic E-state index is -0.648. The zero-order valence-corrected chi connectivity index (χ0v) is 20.2. The van der Waals surface area contributed by atoms with Gasteiger partial charge in [0.25, 0.3) is 0 Å². The summed E-state index contributed by atoms with van der Waals surface area (Å²) >= 11 is 0. The average Bonchev–Trinajstić information content (AvgIpc) is 2.72. The van der Waals surface area contributed by atoms with Crippen LogP contribution in [0.15, 0.2) is 12.1 Å². The molecule has 180 valence electrons. The Kier molecular flexibility index (Phi) is 10.4. The standard InChI is InChI=1S/C24H41N5O3/c1-18(30)26-14-17-29(16-12-21(25)23(31)32-24(2,3)4)15-6-5-9-20-11-10-19-8-7-13-27-22(19)28-20/h10-11,21H,5-9,12-17,25H2,1-4H3,(H,26,30)(H,27,28).